The van der Waals surface area contributed by atoms with E-state index in [-0.39, 0.29) is 29.3 Å². The maximum atomic E-state index is 13.8. The van der Waals surface area contributed by atoms with E-state index in [4.69, 9.17) is 14.2 Å². The lowest BCUT2D eigenvalue weighted by Crippen LogP contribution is -2.36. The van der Waals surface area contributed by atoms with Crippen molar-refractivity contribution in [2.45, 2.75) is 64.9 Å². The van der Waals surface area contributed by atoms with Gasteiger partial charge in [0.05, 0.1) is 29.9 Å². The van der Waals surface area contributed by atoms with Crippen LogP contribution in [0, 0.1) is 0 Å². The van der Waals surface area contributed by atoms with Crippen LogP contribution >= 0.6 is 15.9 Å². The number of phenols is 1. The average Bonchev–Trinajstić information content (AvgIpc) is 2.90. The zero-order valence-corrected chi connectivity index (χ0v) is 24.0. The Balaban J connectivity index is 1.82. The Bertz CT molecular complexity index is 1300. The summed E-state index contributed by atoms with van der Waals surface area (Å²) in [5, 5.41) is 13.9. The number of Topliss-reactive ketones (excluding diaryl/α,β-unsaturated/α-hetero) is 1. The van der Waals surface area contributed by atoms with Crippen LogP contribution in [-0.2, 0) is 14.3 Å². The third kappa shape index (κ3) is 5.46. The molecule has 202 valence electrons. The number of nitrogens with one attached hydrogen (secondary N) is 1. The fourth-order valence-electron chi connectivity index (χ4n) is 5.11. The number of aromatic hydroxyl groups is 1. The highest BCUT2D eigenvalue weighted by atomic mass is 79.9. The van der Waals surface area contributed by atoms with Crippen molar-refractivity contribution < 1.29 is 28.9 Å². The first-order valence-electron chi connectivity index (χ1n) is 12.9. The Kier molecular flexibility index (Phi) is 8.51. The number of carbonyl (C=O) groups excluding carboxylic acids is 2. The molecule has 0 bridgehead atoms. The minimum absolute atomic E-state index is 0.00717. The molecule has 1 aliphatic heterocycles. The van der Waals surface area contributed by atoms with E-state index >= 15 is 0 Å². The van der Waals surface area contributed by atoms with Gasteiger partial charge in [-0.2, -0.15) is 0 Å². The van der Waals surface area contributed by atoms with Crippen molar-refractivity contribution in [3.8, 4) is 17.2 Å². The number of halogens is 1. The van der Waals surface area contributed by atoms with E-state index < -0.39 is 11.9 Å². The number of carbonyl (C=O) groups is 2. The average molecular weight is 585 g/mol. The van der Waals surface area contributed by atoms with Crippen LogP contribution in [0.4, 0.5) is 0 Å². The van der Waals surface area contributed by atoms with Crippen molar-refractivity contribution in [3.05, 3.63) is 74.5 Å². The van der Waals surface area contributed by atoms with E-state index in [1.165, 1.54) is 0 Å². The van der Waals surface area contributed by atoms with Crippen molar-refractivity contribution >= 4 is 27.7 Å². The number of hydrogen-bond donors (Lipinski definition) is 2. The van der Waals surface area contributed by atoms with Gasteiger partial charge in [0.15, 0.2) is 17.3 Å². The summed E-state index contributed by atoms with van der Waals surface area (Å²) in [6.07, 6.45) is 1.33. The summed E-state index contributed by atoms with van der Waals surface area (Å²) in [7, 11) is 1.62. The van der Waals surface area contributed by atoms with Gasteiger partial charge < -0.3 is 24.6 Å². The van der Waals surface area contributed by atoms with Crippen LogP contribution in [0.25, 0.3) is 0 Å². The molecule has 0 radical (unpaired) electrons. The first-order valence-corrected chi connectivity index (χ1v) is 13.7. The lowest BCUT2D eigenvalue weighted by atomic mass is 9.71. The van der Waals surface area contributed by atoms with Crippen LogP contribution in [0.15, 0.2) is 63.4 Å². The van der Waals surface area contributed by atoms with Crippen molar-refractivity contribution in [1.29, 1.82) is 0 Å². The molecular weight excluding hydrogens is 550 g/mol. The summed E-state index contributed by atoms with van der Waals surface area (Å²) in [6, 6.07) is 11.2. The van der Waals surface area contributed by atoms with E-state index in [9.17, 15) is 14.7 Å². The Labute approximate surface area is 232 Å². The summed E-state index contributed by atoms with van der Waals surface area (Å²) >= 11 is 3.42. The minimum Gasteiger partial charge on any atom is -0.503 e. The topological polar surface area (TPSA) is 94.1 Å². The van der Waals surface area contributed by atoms with Gasteiger partial charge in [-0.15, -0.1) is 0 Å². The number of phenolic OH excluding ortho intramolecular Hbond substituents is 1. The second-order valence-electron chi connectivity index (χ2n) is 9.70. The fourth-order valence-corrected chi connectivity index (χ4v) is 5.57. The molecule has 4 rings (SSSR count). The second-order valence-corrected chi connectivity index (χ2v) is 10.6. The quantitative estimate of drug-likeness (QED) is 0.354. The molecule has 2 aliphatic rings. The summed E-state index contributed by atoms with van der Waals surface area (Å²) in [4.78, 5) is 27.3. The number of ketones is 1. The van der Waals surface area contributed by atoms with Crippen molar-refractivity contribution in [3.63, 3.8) is 0 Å². The van der Waals surface area contributed by atoms with Crippen LogP contribution in [0.5, 0.6) is 17.2 Å². The Morgan fingerprint density at radius 1 is 1.16 bits per heavy atom. The van der Waals surface area contributed by atoms with E-state index in [0.29, 0.717) is 52.7 Å². The molecule has 7 nitrogen and oxygen atoms in total. The molecule has 1 aliphatic carbocycles. The third-order valence-corrected chi connectivity index (χ3v) is 7.81. The molecule has 0 spiro atoms. The molecule has 0 fully saturated rings. The van der Waals surface area contributed by atoms with Gasteiger partial charge >= 0.3 is 5.97 Å². The molecule has 8 heteroatoms. The zero-order chi connectivity index (χ0) is 27.6. The third-order valence-electron chi connectivity index (χ3n) is 7.20. The highest BCUT2D eigenvalue weighted by molar-refractivity contribution is 9.10. The molecular formula is C30H34BrNO6. The number of allylic oxidation sites excluding steroid dienone is 3. The van der Waals surface area contributed by atoms with Crippen LogP contribution in [0.3, 0.4) is 0 Å². The monoisotopic (exact) mass is 583 g/mol. The van der Waals surface area contributed by atoms with Gasteiger partial charge in [-0.25, -0.2) is 4.79 Å². The van der Waals surface area contributed by atoms with E-state index in [0.717, 1.165) is 17.0 Å². The predicted molar refractivity (Wildman–Crippen MR) is 148 cm³/mol. The van der Waals surface area contributed by atoms with Gasteiger partial charge in [-0.3, -0.25) is 4.79 Å². The Hall–Kier alpha value is -3.26. The number of methoxy groups -OCH3 is 1. The number of esters is 1. The summed E-state index contributed by atoms with van der Waals surface area (Å²) in [5.41, 5.74) is 4.11. The van der Waals surface area contributed by atoms with E-state index in [1.54, 1.807) is 19.2 Å². The standard InChI is InChI=1S/C30H34BrNO6/c1-6-16(3)38-30(35)26-17(4)32-23-13-19(18-8-10-21(36-5)11-9-18)14-24(33)28(23)27(26)20-12-22(31)29(34)25(15-20)37-7-2/h8-12,15-16,19,27,32,34H,6-7,13-14H2,1-5H3/t16-,19+,27+/m0/s1. The van der Waals surface area contributed by atoms with Gasteiger partial charge in [-0.05, 0) is 90.9 Å². The normalized spacial score (nSPS) is 20.0. The first kappa shape index (κ1) is 27.8. The molecule has 2 aromatic carbocycles. The molecule has 38 heavy (non-hydrogen) atoms. The highest BCUT2D eigenvalue weighted by Gasteiger charge is 2.42. The lowest BCUT2D eigenvalue weighted by Gasteiger charge is -2.37. The summed E-state index contributed by atoms with van der Waals surface area (Å²) in [6.45, 7) is 7.81. The second kappa shape index (κ2) is 11.6. The molecule has 0 aromatic heterocycles. The van der Waals surface area contributed by atoms with Gasteiger partial charge in [0.1, 0.15) is 5.75 Å². The van der Waals surface area contributed by atoms with Crippen molar-refractivity contribution in [2.75, 3.05) is 13.7 Å². The maximum absolute atomic E-state index is 13.8. The molecule has 0 amide bonds. The molecule has 1 heterocycles. The molecule has 2 aromatic rings. The van der Waals surface area contributed by atoms with Gasteiger partial charge in [-0.1, -0.05) is 19.1 Å². The number of ether oxygens (including phenoxy) is 3. The van der Waals surface area contributed by atoms with Crippen LogP contribution in [0.1, 0.15) is 69.9 Å². The molecule has 2 N–H and O–H groups in total. The minimum atomic E-state index is -0.664. The smallest absolute Gasteiger partial charge is 0.337 e. The molecule has 0 saturated carbocycles. The number of benzene rings is 2. The van der Waals surface area contributed by atoms with E-state index in [1.807, 2.05) is 52.0 Å². The number of rotatable bonds is 8. The van der Waals surface area contributed by atoms with Gasteiger partial charge in [0, 0.05) is 29.3 Å². The predicted octanol–water partition coefficient (Wildman–Crippen LogP) is 6.27. The molecule has 0 unspecified atom stereocenters. The van der Waals surface area contributed by atoms with Gasteiger partial charge in [0.2, 0.25) is 0 Å². The first-order chi connectivity index (χ1) is 18.2. The van der Waals surface area contributed by atoms with Crippen LogP contribution in [-0.4, -0.2) is 36.7 Å². The summed E-state index contributed by atoms with van der Waals surface area (Å²) < 4.78 is 17.1. The Morgan fingerprint density at radius 2 is 1.87 bits per heavy atom. The zero-order valence-electron chi connectivity index (χ0n) is 22.4. The van der Waals surface area contributed by atoms with Crippen molar-refractivity contribution in [2.24, 2.45) is 0 Å². The summed E-state index contributed by atoms with van der Waals surface area (Å²) in [5.74, 6) is -0.156. The number of dihydropyridines is 1. The lowest BCUT2D eigenvalue weighted by molar-refractivity contribution is -0.144. The largest absolute Gasteiger partial charge is 0.503 e. The maximum Gasteiger partial charge on any atom is 0.337 e. The number of hydrogen-bond acceptors (Lipinski definition) is 7. The van der Waals surface area contributed by atoms with E-state index in [2.05, 4.69) is 21.2 Å². The van der Waals surface area contributed by atoms with Crippen molar-refractivity contribution in [1.82, 2.24) is 5.32 Å². The van der Waals surface area contributed by atoms with Crippen LogP contribution in [0.2, 0.25) is 0 Å². The Morgan fingerprint density at radius 3 is 2.50 bits per heavy atom. The fraction of sp³-hybridized carbons (Fsp3) is 0.400. The van der Waals surface area contributed by atoms with Gasteiger partial charge in [0.25, 0.3) is 0 Å². The highest BCUT2D eigenvalue weighted by Crippen LogP contribution is 2.48. The van der Waals surface area contributed by atoms with Crippen LogP contribution < -0.4 is 14.8 Å². The molecule has 3 atom stereocenters. The SMILES string of the molecule is CCOc1cc([C@@H]2C(C(=O)O[C@@H](C)CC)=C(C)NC3=C2C(=O)C[C@H](c2ccc(OC)cc2)C3)cc(Br)c1O. The molecule has 0 saturated heterocycles.